The van der Waals surface area contributed by atoms with Gasteiger partial charge in [-0.2, -0.15) is 5.10 Å². The van der Waals surface area contributed by atoms with Gasteiger partial charge in [-0.25, -0.2) is 4.68 Å². The van der Waals surface area contributed by atoms with E-state index < -0.39 is 0 Å². The lowest BCUT2D eigenvalue weighted by molar-refractivity contribution is 0.0738. The molecule has 4 aromatic rings. The van der Waals surface area contributed by atoms with Crippen LogP contribution in [0.3, 0.4) is 0 Å². The molecule has 0 saturated carbocycles. The molecule has 1 aliphatic heterocycles. The van der Waals surface area contributed by atoms with Crippen LogP contribution in [-0.4, -0.2) is 30.3 Å². The van der Waals surface area contributed by atoms with E-state index in [1.165, 1.54) is 5.56 Å². The molecule has 0 atom stereocenters. The van der Waals surface area contributed by atoms with Crippen LogP contribution in [0.5, 0.6) is 0 Å². The Labute approximate surface area is 168 Å². The van der Waals surface area contributed by atoms with Crippen molar-refractivity contribution >= 4 is 5.91 Å². The SMILES string of the molecule is Cc1ccc(-n2nc3c(c2-n2cccc2)CN(C(=O)c2cc(C)on2)C3)c(C)c1. The molecule has 1 amide bonds. The molecule has 0 unspecified atom stereocenters. The number of benzene rings is 1. The molecule has 29 heavy (non-hydrogen) atoms. The second kappa shape index (κ2) is 6.48. The fourth-order valence-electron chi connectivity index (χ4n) is 3.93. The fraction of sp³-hybridized carbons (Fsp3) is 0.227. The fourth-order valence-corrected chi connectivity index (χ4v) is 3.93. The molecule has 1 aromatic carbocycles. The van der Waals surface area contributed by atoms with Crippen molar-refractivity contribution in [2.45, 2.75) is 33.9 Å². The molecule has 1 aliphatic rings. The zero-order chi connectivity index (χ0) is 20.1. The smallest absolute Gasteiger partial charge is 0.276 e. The van der Waals surface area contributed by atoms with Gasteiger partial charge in [0.25, 0.3) is 5.91 Å². The monoisotopic (exact) mass is 387 g/mol. The van der Waals surface area contributed by atoms with Gasteiger partial charge in [0.15, 0.2) is 5.69 Å². The number of aryl methyl sites for hydroxylation is 3. The van der Waals surface area contributed by atoms with E-state index in [2.05, 4.69) is 41.8 Å². The van der Waals surface area contributed by atoms with E-state index in [1.54, 1.807) is 17.9 Å². The number of hydrogen-bond acceptors (Lipinski definition) is 4. The van der Waals surface area contributed by atoms with E-state index in [0.717, 1.165) is 28.3 Å². The lowest BCUT2D eigenvalue weighted by Gasteiger charge is -2.17. The van der Waals surface area contributed by atoms with Crippen molar-refractivity contribution in [3.8, 4) is 11.5 Å². The lowest BCUT2D eigenvalue weighted by atomic mass is 10.1. The average Bonchev–Trinajstić information content (AvgIpc) is 3.44. The van der Waals surface area contributed by atoms with Crippen LogP contribution in [0.25, 0.3) is 11.5 Å². The summed E-state index contributed by atoms with van der Waals surface area (Å²) in [5.74, 6) is 1.44. The Morgan fingerprint density at radius 3 is 2.55 bits per heavy atom. The van der Waals surface area contributed by atoms with Gasteiger partial charge in [0, 0.05) is 24.0 Å². The second-order valence-electron chi connectivity index (χ2n) is 7.52. The molecule has 0 N–H and O–H groups in total. The highest BCUT2D eigenvalue weighted by molar-refractivity contribution is 5.92. The minimum absolute atomic E-state index is 0.142. The third-order valence-corrected chi connectivity index (χ3v) is 5.29. The first-order valence-electron chi connectivity index (χ1n) is 9.55. The number of fused-ring (bicyclic) bond motifs is 1. The molecule has 0 spiro atoms. The largest absolute Gasteiger partial charge is 0.361 e. The number of amides is 1. The van der Waals surface area contributed by atoms with Crippen molar-refractivity contribution in [1.82, 2.24) is 24.4 Å². The molecule has 0 aliphatic carbocycles. The van der Waals surface area contributed by atoms with Crippen molar-refractivity contribution < 1.29 is 9.32 Å². The summed E-state index contributed by atoms with van der Waals surface area (Å²) in [6, 6.07) is 12.0. The van der Waals surface area contributed by atoms with E-state index in [1.807, 2.05) is 29.2 Å². The first-order valence-corrected chi connectivity index (χ1v) is 9.55. The Balaban J connectivity index is 1.58. The normalized spacial score (nSPS) is 13.1. The molecule has 0 radical (unpaired) electrons. The van der Waals surface area contributed by atoms with Crippen LogP contribution in [0.4, 0.5) is 0 Å². The first kappa shape index (κ1) is 17.5. The maximum atomic E-state index is 12.8. The molecule has 146 valence electrons. The summed E-state index contributed by atoms with van der Waals surface area (Å²) < 4.78 is 9.11. The summed E-state index contributed by atoms with van der Waals surface area (Å²) in [4.78, 5) is 14.6. The highest BCUT2D eigenvalue weighted by Crippen LogP contribution is 2.32. The number of rotatable bonds is 3. The zero-order valence-electron chi connectivity index (χ0n) is 16.6. The molecule has 7 nitrogen and oxygen atoms in total. The van der Waals surface area contributed by atoms with Crippen molar-refractivity contribution in [3.63, 3.8) is 0 Å². The van der Waals surface area contributed by atoms with Crippen LogP contribution in [0.1, 0.15) is 38.6 Å². The molecule has 7 heteroatoms. The molecule has 4 heterocycles. The third kappa shape index (κ3) is 2.86. The van der Waals surface area contributed by atoms with Gasteiger partial charge in [-0.1, -0.05) is 22.9 Å². The molecule has 5 rings (SSSR count). The third-order valence-electron chi connectivity index (χ3n) is 5.29. The number of hydrogen-bond donors (Lipinski definition) is 0. The van der Waals surface area contributed by atoms with Gasteiger partial charge in [0.2, 0.25) is 0 Å². The van der Waals surface area contributed by atoms with E-state index in [4.69, 9.17) is 9.62 Å². The molecule has 0 bridgehead atoms. The van der Waals surface area contributed by atoms with Crippen LogP contribution in [0.2, 0.25) is 0 Å². The van der Waals surface area contributed by atoms with E-state index in [9.17, 15) is 4.79 Å². The summed E-state index contributed by atoms with van der Waals surface area (Å²) in [6.45, 7) is 6.89. The Kier molecular flexibility index (Phi) is 3.91. The molecule has 0 saturated heterocycles. The summed E-state index contributed by atoms with van der Waals surface area (Å²) in [7, 11) is 0. The number of carbonyl (C=O) groups excluding carboxylic acids is 1. The number of carbonyl (C=O) groups is 1. The van der Waals surface area contributed by atoms with Crippen molar-refractivity contribution in [1.29, 1.82) is 0 Å². The first-order chi connectivity index (χ1) is 14.0. The van der Waals surface area contributed by atoms with Crippen LogP contribution in [-0.2, 0) is 13.1 Å². The minimum Gasteiger partial charge on any atom is -0.361 e. The quantitative estimate of drug-likeness (QED) is 0.537. The highest BCUT2D eigenvalue weighted by Gasteiger charge is 2.33. The number of nitrogens with zero attached hydrogens (tertiary/aromatic N) is 5. The van der Waals surface area contributed by atoms with Gasteiger partial charge in [0.05, 0.1) is 24.5 Å². The summed E-state index contributed by atoms with van der Waals surface area (Å²) >= 11 is 0. The maximum absolute atomic E-state index is 12.8. The minimum atomic E-state index is -0.142. The van der Waals surface area contributed by atoms with Crippen molar-refractivity contribution in [3.05, 3.63) is 82.6 Å². The lowest BCUT2D eigenvalue weighted by Crippen LogP contribution is -2.26. The Morgan fingerprint density at radius 1 is 1.07 bits per heavy atom. The van der Waals surface area contributed by atoms with Gasteiger partial charge in [-0.15, -0.1) is 0 Å². The Morgan fingerprint density at radius 2 is 1.86 bits per heavy atom. The molecular weight excluding hydrogens is 366 g/mol. The van der Waals surface area contributed by atoms with Gasteiger partial charge < -0.3 is 14.0 Å². The Bertz CT molecular complexity index is 1220. The van der Waals surface area contributed by atoms with Crippen LogP contribution in [0.15, 0.2) is 53.3 Å². The predicted molar refractivity (Wildman–Crippen MR) is 107 cm³/mol. The molecular formula is C22H21N5O2. The predicted octanol–water partition coefficient (Wildman–Crippen LogP) is 3.73. The van der Waals surface area contributed by atoms with Gasteiger partial charge in [0.1, 0.15) is 11.6 Å². The van der Waals surface area contributed by atoms with Crippen LogP contribution in [0, 0.1) is 20.8 Å². The summed E-state index contributed by atoms with van der Waals surface area (Å²) in [5.41, 5.74) is 5.70. The van der Waals surface area contributed by atoms with E-state index in [-0.39, 0.29) is 5.91 Å². The topological polar surface area (TPSA) is 69.1 Å². The summed E-state index contributed by atoms with van der Waals surface area (Å²) in [6.07, 6.45) is 4.01. The van der Waals surface area contributed by atoms with Gasteiger partial charge in [-0.05, 0) is 44.5 Å². The van der Waals surface area contributed by atoms with Crippen LogP contribution < -0.4 is 0 Å². The highest BCUT2D eigenvalue weighted by atomic mass is 16.5. The second-order valence-corrected chi connectivity index (χ2v) is 7.52. The Hall–Kier alpha value is -3.61. The zero-order valence-corrected chi connectivity index (χ0v) is 16.6. The maximum Gasteiger partial charge on any atom is 0.276 e. The van der Waals surface area contributed by atoms with Crippen molar-refractivity contribution in [2.24, 2.45) is 0 Å². The van der Waals surface area contributed by atoms with Crippen molar-refractivity contribution in [2.75, 3.05) is 0 Å². The van der Waals surface area contributed by atoms with Gasteiger partial charge in [-0.3, -0.25) is 4.79 Å². The molecule has 3 aromatic heterocycles. The average molecular weight is 387 g/mol. The standard InChI is InChI=1S/C22H21N5O2/c1-14-6-7-20(15(2)10-14)27-21(25-8-4-5-9-25)17-12-26(13-19(17)23-27)22(28)18-11-16(3)29-24-18/h4-11H,12-13H2,1-3H3. The van der Waals surface area contributed by atoms with E-state index in [0.29, 0.717) is 24.5 Å². The number of aromatic nitrogens is 4. The molecule has 0 fully saturated rings. The van der Waals surface area contributed by atoms with E-state index >= 15 is 0 Å². The summed E-state index contributed by atoms with van der Waals surface area (Å²) in [5, 5.41) is 8.76. The van der Waals surface area contributed by atoms with Crippen LogP contribution >= 0.6 is 0 Å². The van der Waals surface area contributed by atoms with Gasteiger partial charge >= 0.3 is 0 Å².